The van der Waals surface area contributed by atoms with E-state index in [0.717, 1.165) is 5.01 Å². The van der Waals surface area contributed by atoms with Crippen LogP contribution in [0.15, 0.2) is 11.6 Å². The number of rotatable bonds is 5. The van der Waals surface area contributed by atoms with Gasteiger partial charge in [-0.2, -0.15) is 0 Å². The summed E-state index contributed by atoms with van der Waals surface area (Å²) >= 11 is 1.56. The molecule has 1 aromatic heterocycles. The molecule has 1 aliphatic carbocycles. The van der Waals surface area contributed by atoms with Crippen molar-refractivity contribution in [2.75, 3.05) is 6.54 Å². The van der Waals surface area contributed by atoms with E-state index >= 15 is 0 Å². The number of nitrogens with one attached hydrogen (secondary N) is 2. The summed E-state index contributed by atoms with van der Waals surface area (Å²) < 4.78 is 0. The fourth-order valence-corrected chi connectivity index (χ4v) is 1.97. The average Bonchev–Trinajstić information content (AvgIpc) is 2.87. The first-order chi connectivity index (χ1) is 7.25. The third-order valence-electron chi connectivity index (χ3n) is 2.33. The van der Waals surface area contributed by atoms with Crippen LogP contribution in [0.3, 0.4) is 0 Å². The van der Waals surface area contributed by atoms with Gasteiger partial charge in [-0.25, -0.2) is 4.98 Å². The number of thiazole rings is 1. The van der Waals surface area contributed by atoms with E-state index < -0.39 is 0 Å². The summed E-state index contributed by atoms with van der Waals surface area (Å²) in [5, 5.41) is 8.96. The van der Waals surface area contributed by atoms with Crippen molar-refractivity contribution in [1.82, 2.24) is 15.6 Å². The number of carbonyl (C=O) groups excluding carboxylic acids is 1. The molecule has 1 unspecified atom stereocenters. The van der Waals surface area contributed by atoms with Gasteiger partial charge in [0.2, 0.25) is 5.91 Å². The fourth-order valence-electron chi connectivity index (χ4n) is 1.33. The molecule has 1 heterocycles. The van der Waals surface area contributed by atoms with Crippen LogP contribution in [0.2, 0.25) is 0 Å². The molecule has 0 bridgehead atoms. The van der Waals surface area contributed by atoms with Gasteiger partial charge in [-0.3, -0.25) is 4.79 Å². The molecule has 0 radical (unpaired) electrons. The van der Waals surface area contributed by atoms with Crippen LogP contribution in [0.4, 0.5) is 0 Å². The van der Waals surface area contributed by atoms with Crippen LogP contribution in [-0.2, 0) is 4.79 Å². The van der Waals surface area contributed by atoms with Crippen LogP contribution < -0.4 is 10.6 Å². The molecular formula is C10H15N3OS. The van der Waals surface area contributed by atoms with Gasteiger partial charge in [0, 0.05) is 17.6 Å². The van der Waals surface area contributed by atoms with Crippen LogP contribution >= 0.6 is 11.3 Å². The molecule has 0 saturated heterocycles. The van der Waals surface area contributed by atoms with Crippen molar-refractivity contribution >= 4 is 17.2 Å². The second-order valence-corrected chi connectivity index (χ2v) is 4.74. The summed E-state index contributed by atoms with van der Waals surface area (Å²) in [6, 6.07) is 0.587. The molecule has 15 heavy (non-hydrogen) atoms. The van der Waals surface area contributed by atoms with Crippen molar-refractivity contribution in [3.63, 3.8) is 0 Å². The smallest absolute Gasteiger partial charge is 0.234 e. The molecule has 5 heteroatoms. The van der Waals surface area contributed by atoms with E-state index in [2.05, 4.69) is 15.6 Å². The molecule has 1 saturated carbocycles. The first-order valence-electron chi connectivity index (χ1n) is 5.18. The van der Waals surface area contributed by atoms with Crippen molar-refractivity contribution in [3.05, 3.63) is 16.6 Å². The van der Waals surface area contributed by atoms with Crippen molar-refractivity contribution in [3.8, 4) is 0 Å². The molecule has 2 rings (SSSR count). The molecule has 4 nitrogen and oxygen atoms in total. The number of nitrogens with zero attached hydrogens (tertiary/aromatic N) is 1. The monoisotopic (exact) mass is 225 g/mol. The summed E-state index contributed by atoms with van der Waals surface area (Å²) in [5.41, 5.74) is 0. The Hall–Kier alpha value is -0.940. The first-order valence-corrected chi connectivity index (χ1v) is 6.06. The lowest BCUT2D eigenvalue weighted by Crippen LogP contribution is -2.36. The van der Waals surface area contributed by atoms with Gasteiger partial charge in [0.05, 0.1) is 12.6 Å². The number of amides is 1. The van der Waals surface area contributed by atoms with Crippen LogP contribution in [-0.4, -0.2) is 23.5 Å². The maximum Gasteiger partial charge on any atom is 0.234 e. The summed E-state index contributed by atoms with van der Waals surface area (Å²) in [6.07, 6.45) is 4.16. The largest absolute Gasteiger partial charge is 0.346 e. The number of aromatic nitrogens is 1. The molecule has 82 valence electrons. The van der Waals surface area contributed by atoms with Gasteiger partial charge in [0.1, 0.15) is 5.01 Å². The Balaban J connectivity index is 1.72. The molecule has 0 aliphatic heterocycles. The van der Waals surface area contributed by atoms with Crippen molar-refractivity contribution in [1.29, 1.82) is 0 Å². The molecule has 1 amide bonds. The highest BCUT2D eigenvalue weighted by Gasteiger charge is 2.21. The fraction of sp³-hybridized carbons (Fsp3) is 0.600. The van der Waals surface area contributed by atoms with E-state index in [1.165, 1.54) is 12.8 Å². The van der Waals surface area contributed by atoms with Crippen molar-refractivity contribution in [2.24, 2.45) is 0 Å². The van der Waals surface area contributed by atoms with Gasteiger partial charge in [-0.05, 0) is 19.8 Å². The SMILES string of the molecule is CC(NC(=O)CNC1CC1)c1nccs1. The molecule has 2 N–H and O–H groups in total. The maximum absolute atomic E-state index is 11.5. The lowest BCUT2D eigenvalue weighted by molar-refractivity contribution is -0.120. The van der Waals surface area contributed by atoms with E-state index in [0.29, 0.717) is 12.6 Å². The van der Waals surface area contributed by atoms with Gasteiger partial charge in [-0.1, -0.05) is 0 Å². The standard InChI is InChI=1S/C10H15N3OS/c1-7(10-11-4-5-15-10)13-9(14)6-12-8-2-3-8/h4-5,7-8,12H,2-3,6H2,1H3,(H,13,14). The van der Waals surface area contributed by atoms with Gasteiger partial charge in [-0.15, -0.1) is 11.3 Å². The maximum atomic E-state index is 11.5. The molecule has 1 fully saturated rings. The van der Waals surface area contributed by atoms with E-state index in [-0.39, 0.29) is 11.9 Å². The zero-order valence-electron chi connectivity index (χ0n) is 8.69. The molecule has 0 spiro atoms. The minimum atomic E-state index is 0.0125. The zero-order chi connectivity index (χ0) is 10.7. The second-order valence-electron chi connectivity index (χ2n) is 3.81. The third-order valence-corrected chi connectivity index (χ3v) is 3.29. The third kappa shape index (κ3) is 3.28. The Bertz CT molecular complexity index is 321. The van der Waals surface area contributed by atoms with Crippen molar-refractivity contribution < 1.29 is 4.79 Å². The predicted molar refractivity (Wildman–Crippen MR) is 59.7 cm³/mol. The van der Waals surface area contributed by atoms with Crippen LogP contribution in [0, 0.1) is 0 Å². The normalized spacial score (nSPS) is 17.4. The molecule has 1 atom stereocenters. The van der Waals surface area contributed by atoms with E-state index in [1.807, 2.05) is 12.3 Å². The Labute approximate surface area is 93.1 Å². The highest BCUT2D eigenvalue weighted by atomic mass is 32.1. The number of carbonyl (C=O) groups is 1. The molecule has 0 aromatic carbocycles. The van der Waals surface area contributed by atoms with Crippen LogP contribution in [0.1, 0.15) is 30.8 Å². The molecule has 1 aromatic rings. The molecular weight excluding hydrogens is 210 g/mol. The summed E-state index contributed by atoms with van der Waals surface area (Å²) in [6.45, 7) is 2.37. The van der Waals surface area contributed by atoms with Crippen molar-refractivity contribution in [2.45, 2.75) is 31.8 Å². The number of hydrogen-bond acceptors (Lipinski definition) is 4. The van der Waals surface area contributed by atoms with E-state index in [4.69, 9.17) is 0 Å². The zero-order valence-corrected chi connectivity index (χ0v) is 9.51. The lowest BCUT2D eigenvalue weighted by atomic mass is 10.3. The lowest BCUT2D eigenvalue weighted by Gasteiger charge is -2.11. The highest BCUT2D eigenvalue weighted by molar-refractivity contribution is 7.09. The Morgan fingerprint density at radius 1 is 1.73 bits per heavy atom. The number of hydrogen-bond donors (Lipinski definition) is 2. The first kappa shape index (κ1) is 10.6. The Morgan fingerprint density at radius 3 is 3.13 bits per heavy atom. The average molecular weight is 225 g/mol. The topological polar surface area (TPSA) is 54.0 Å². The van der Waals surface area contributed by atoms with Gasteiger partial charge >= 0.3 is 0 Å². The predicted octanol–water partition coefficient (Wildman–Crippen LogP) is 1.07. The van der Waals surface area contributed by atoms with Gasteiger partial charge < -0.3 is 10.6 Å². The van der Waals surface area contributed by atoms with Crippen LogP contribution in [0.5, 0.6) is 0 Å². The van der Waals surface area contributed by atoms with Gasteiger partial charge in [0.15, 0.2) is 0 Å². The second kappa shape index (κ2) is 4.72. The summed E-state index contributed by atoms with van der Waals surface area (Å²) in [7, 11) is 0. The minimum Gasteiger partial charge on any atom is -0.346 e. The van der Waals surface area contributed by atoms with Crippen LogP contribution in [0.25, 0.3) is 0 Å². The molecule has 1 aliphatic rings. The van der Waals surface area contributed by atoms with E-state index in [1.54, 1.807) is 17.5 Å². The summed E-state index contributed by atoms with van der Waals surface area (Å²) in [4.78, 5) is 15.6. The Morgan fingerprint density at radius 2 is 2.53 bits per heavy atom. The summed E-state index contributed by atoms with van der Waals surface area (Å²) in [5.74, 6) is 0.0459. The Kier molecular flexibility index (Phi) is 3.33. The van der Waals surface area contributed by atoms with Gasteiger partial charge in [0.25, 0.3) is 0 Å². The quantitative estimate of drug-likeness (QED) is 0.788. The highest BCUT2D eigenvalue weighted by Crippen LogP contribution is 2.18. The minimum absolute atomic E-state index is 0.0125. The van der Waals surface area contributed by atoms with E-state index in [9.17, 15) is 4.79 Å².